The fourth-order valence-electron chi connectivity index (χ4n) is 3.43. The Morgan fingerprint density at radius 3 is 2.67 bits per heavy atom. The van der Waals surface area contributed by atoms with Gasteiger partial charge in [0.1, 0.15) is 0 Å². The highest BCUT2D eigenvalue weighted by molar-refractivity contribution is 5.76. The molecule has 0 spiro atoms. The van der Waals surface area contributed by atoms with Gasteiger partial charge in [0.2, 0.25) is 5.91 Å². The highest BCUT2D eigenvalue weighted by atomic mass is 16.2. The molecule has 1 amide bonds. The van der Waals surface area contributed by atoms with E-state index in [1.165, 1.54) is 25.7 Å². The van der Waals surface area contributed by atoms with Crippen LogP contribution in [0.1, 0.15) is 58.3 Å². The largest absolute Gasteiger partial charge is 0.338 e. The average molecular weight is 252 g/mol. The van der Waals surface area contributed by atoms with Crippen LogP contribution < -0.4 is 5.32 Å². The molecule has 2 fully saturated rings. The van der Waals surface area contributed by atoms with Crippen molar-refractivity contribution in [1.82, 2.24) is 10.2 Å². The van der Waals surface area contributed by atoms with E-state index < -0.39 is 0 Å². The summed E-state index contributed by atoms with van der Waals surface area (Å²) in [4.78, 5) is 14.5. The number of carbonyl (C=O) groups is 1. The molecule has 1 saturated carbocycles. The van der Waals surface area contributed by atoms with Gasteiger partial charge in [-0.1, -0.05) is 32.6 Å². The fraction of sp³-hybridized carbons (Fsp3) is 0.933. The predicted octanol–water partition coefficient (Wildman–Crippen LogP) is 2.56. The van der Waals surface area contributed by atoms with Gasteiger partial charge in [0.25, 0.3) is 0 Å². The van der Waals surface area contributed by atoms with Crippen LogP contribution in [0.5, 0.6) is 0 Å². The van der Waals surface area contributed by atoms with Crippen LogP contribution in [0.25, 0.3) is 0 Å². The van der Waals surface area contributed by atoms with Crippen molar-refractivity contribution in [1.29, 1.82) is 0 Å². The number of hydrogen-bond donors (Lipinski definition) is 1. The number of amides is 1. The van der Waals surface area contributed by atoms with Gasteiger partial charge in [0, 0.05) is 25.6 Å². The molecule has 0 bridgehead atoms. The molecule has 0 aromatic heterocycles. The normalized spacial score (nSPS) is 24.6. The van der Waals surface area contributed by atoms with E-state index in [0.29, 0.717) is 11.9 Å². The average Bonchev–Trinajstić information content (AvgIpc) is 3.05. The number of nitrogens with zero attached hydrogens (tertiary/aromatic N) is 1. The zero-order valence-corrected chi connectivity index (χ0v) is 11.8. The molecule has 1 aliphatic heterocycles. The highest BCUT2D eigenvalue weighted by Gasteiger charge is 2.26. The molecule has 2 aliphatic rings. The molecule has 1 heterocycles. The predicted molar refractivity (Wildman–Crippen MR) is 74.5 cm³/mol. The monoisotopic (exact) mass is 252 g/mol. The van der Waals surface area contributed by atoms with Crippen LogP contribution in [-0.2, 0) is 4.79 Å². The van der Waals surface area contributed by atoms with Crippen LogP contribution in [0, 0.1) is 5.92 Å². The maximum Gasteiger partial charge on any atom is 0.222 e. The molecular weight excluding hydrogens is 224 g/mol. The van der Waals surface area contributed by atoms with Gasteiger partial charge >= 0.3 is 0 Å². The minimum absolute atomic E-state index is 0.400. The minimum atomic E-state index is 0.400. The molecular formula is C15H28N2O. The van der Waals surface area contributed by atoms with Crippen molar-refractivity contribution in [3.8, 4) is 0 Å². The molecule has 0 aromatic rings. The summed E-state index contributed by atoms with van der Waals surface area (Å²) >= 11 is 0. The quantitative estimate of drug-likeness (QED) is 0.788. The molecule has 3 nitrogen and oxygen atoms in total. The van der Waals surface area contributed by atoms with Gasteiger partial charge in [0.15, 0.2) is 0 Å². The Bertz CT molecular complexity index is 255. The van der Waals surface area contributed by atoms with Gasteiger partial charge in [-0.25, -0.2) is 0 Å². The zero-order valence-electron chi connectivity index (χ0n) is 11.8. The van der Waals surface area contributed by atoms with Gasteiger partial charge in [-0.05, 0) is 31.7 Å². The van der Waals surface area contributed by atoms with E-state index >= 15 is 0 Å². The lowest BCUT2D eigenvalue weighted by atomic mass is 10.0. The van der Waals surface area contributed by atoms with E-state index in [1.807, 2.05) is 0 Å². The van der Waals surface area contributed by atoms with Gasteiger partial charge in [-0.3, -0.25) is 4.79 Å². The smallest absolute Gasteiger partial charge is 0.222 e. The minimum Gasteiger partial charge on any atom is -0.338 e. The zero-order chi connectivity index (χ0) is 12.8. The van der Waals surface area contributed by atoms with Crippen LogP contribution in [0.15, 0.2) is 0 Å². The van der Waals surface area contributed by atoms with Crippen molar-refractivity contribution in [3.63, 3.8) is 0 Å². The Morgan fingerprint density at radius 2 is 2.06 bits per heavy atom. The van der Waals surface area contributed by atoms with E-state index in [0.717, 1.165) is 51.2 Å². The van der Waals surface area contributed by atoms with E-state index in [-0.39, 0.29) is 0 Å². The van der Waals surface area contributed by atoms with Gasteiger partial charge < -0.3 is 10.2 Å². The van der Waals surface area contributed by atoms with Gasteiger partial charge in [-0.15, -0.1) is 0 Å². The van der Waals surface area contributed by atoms with Crippen LogP contribution in [0.3, 0.4) is 0 Å². The molecule has 1 unspecified atom stereocenters. The van der Waals surface area contributed by atoms with Crippen molar-refractivity contribution in [2.24, 2.45) is 5.92 Å². The maximum atomic E-state index is 12.4. The first-order chi connectivity index (χ1) is 8.81. The number of rotatable bonds is 6. The number of carbonyl (C=O) groups excluding carboxylic acids is 1. The summed E-state index contributed by atoms with van der Waals surface area (Å²) in [5, 5.41) is 3.37. The first-order valence-corrected chi connectivity index (χ1v) is 7.81. The number of hydrogen-bond acceptors (Lipinski definition) is 2. The van der Waals surface area contributed by atoms with E-state index in [1.54, 1.807) is 0 Å². The molecule has 1 aliphatic carbocycles. The second-order valence-electron chi connectivity index (χ2n) is 5.92. The highest BCUT2D eigenvalue weighted by Crippen LogP contribution is 2.29. The fourth-order valence-corrected chi connectivity index (χ4v) is 3.43. The van der Waals surface area contributed by atoms with Crippen molar-refractivity contribution < 1.29 is 4.79 Å². The Hall–Kier alpha value is -0.570. The first kappa shape index (κ1) is 13.9. The standard InChI is InChI=1S/C15H28N2O/c1-2-11-17(14-9-10-16-12-14)15(18)8-7-13-5-3-4-6-13/h13-14,16H,2-12H2,1H3. The van der Waals surface area contributed by atoms with Crippen LogP contribution in [0.2, 0.25) is 0 Å². The van der Waals surface area contributed by atoms with Gasteiger partial charge in [0.05, 0.1) is 0 Å². The van der Waals surface area contributed by atoms with Crippen LogP contribution >= 0.6 is 0 Å². The number of nitrogens with one attached hydrogen (secondary N) is 1. The van der Waals surface area contributed by atoms with Crippen LogP contribution in [-0.4, -0.2) is 36.5 Å². The maximum absolute atomic E-state index is 12.4. The summed E-state index contributed by atoms with van der Waals surface area (Å²) in [7, 11) is 0. The Morgan fingerprint density at radius 1 is 1.28 bits per heavy atom. The van der Waals surface area contributed by atoms with Crippen molar-refractivity contribution >= 4 is 5.91 Å². The SMILES string of the molecule is CCCN(C(=O)CCC1CCCC1)C1CCNC1. The third-order valence-corrected chi connectivity index (χ3v) is 4.50. The van der Waals surface area contributed by atoms with Crippen LogP contribution in [0.4, 0.5) is 0 Å². The van der Waals surface area contributed by atoms with Crippen molar-refractivity contribution in [3.05, 3.63) is 0 Å². The molecule has 1 saturated heterocycles. The Labute approximate surface area is 111 Å². The van der Waals surface area contributed by atoms with E-state index in [9.17, 15) is 4.79 Å². The molecule has 1 atom stereocenters. The third-order valence-electron chi connectivity index (χ3n) is 4.50. The Kier molecular flexibility index (Phi) is 5.48. The summed E-state index contributed by atoms with van der Waals surface area (Å²) in [6, 6.07) is 0.459. The molecule has 18 heavy (non-hydrogen) atoms. The van der Waals surface area contributed by atoms with Gasteiger partial charge in [-0.2, -0.15) is 0 Å². The van der Waals surface area contributed by atoms with E-state index in [4.69, 9.17) is 0 Å². The summed E-state index contributed by atoms with van der Waals surface area (Å²) in [6.45, 7) is 5.17. The molecule has 0 aromatic carbocycles. The summed E-state index contributed by atoms with van der Waals surface area (Å²) < 4.78 is 0. The topological polar surface area (TPSA) is 32.3 Å². The molecule has 104 valence electrons. The molecule has 3 heteroatoms. The first-order valence-electron chi connectivity index (χ1n) is 7.81. The lowest BCUT2D eigenvalue weighted by molar-refractivity contribution is -0.133. The second-order valence-corrected chi connectivity index (χ2v) is 5.92. The molecule has 1 N–H and O–H groups in total. The Balaban J connectivity index is 1.78. The summed E-state index contributed by atoms with van der Waals surface area (Å²) in [5.41, 5.74) is 0. The van der Waals surface area contributed by atoms with Crippen molar-refractivity contribution in [2.75, 3.05) is 19.6 Å². The van der Waals surface area contributed by atoms with E-state index in [2.05, 4.69) is 17.1 Å². The lowest BCUT2D eigenvalue weighted by Crippen LogP contribution is -2.42. The van der Waals surface area contributed by atoms with Crippen molar-refractivity contribution in [2.45, 2.75) is 64.3 Å². The second kappa shape index (κ2) is 7.13. The summed E-state index contributed by atoms with van der Waals surface area (Å²) in [5.74, 6) is 1.23. The summed E-state index contributed by atoms with van der Waals surface area (Å²) in [6.07, 6.45) is 9.58. The molecule has 0 radical (unpaired) electrons. The lowest BCUT2D eigenvalue weighted by Gasteiger charge is -2.28. The third kappa shape index (κ3) is 3.71. The molecule has 2 rings (SSSR count).